The number of hydrogen-bond donors (Lipinski definition) is 0. The van der Waals surface area contributed by atoms with Gasteiger partial charge in [0.2, 0.25) is 0 Å². The van der Waals surface area contributed by atoms with Crippen LogP contribution in [0.25, 0.3) is 0 Å². The molecule has 1 aromatic rings. The highest BCUT2D eigenvalue weighted by Crippen LogP contribution is 2.18. The number of aromatic nitrogens is 1. The van der Waals surface area contributed by atoms with Gasteiger partial charge in [-0.1, -0.05) is 6.07 Å². The maximum absolute atomic E-state index is 12.2. The van der Waals surface area contributed by atoms with E-state index in [4.69, 9.17) is 4.74 Å². The number of nitrogens with zero attached hydrogens (tertiary/aromatic N) is 2. The SMILES string of the molecule is CC1(C)CN(C(=O)c2cccc(Br)n2)CCO1. The first-order valence-corrected chi connectivity index (χ1v) is 6.33. The van der Waals surface area contributed by atoms with Gasteiger partial charge in [0.05, 0.1) is 12.2 Å². The number of morpholine rings is 1. The number of hydrogen-bond acceptors (Lipinski definition) is 3. The molecule has 0 aliphatic carbocycles. The summed E-state index contributed by atoms with van der Waals surface area (Å²) in [6.45, 7) is 5.77. The van der Waals surface area contributed by atoms with Crippen molar-refractivity contribution in [3.05, 3.63) is 28.5 Å². The minimum Gasteiger partial charge on any atom is -0.372 e. The zero-order valence-corrected chi connectivity index (χ0v) is 11.5. The van der Waals surface area contributed by atoms with Crippen LogP contribution in [0.4, 0.5) is 0 Å². The van der Waals surface area contributed by atoms with Crippen molar-refractivity contribution in [2.75, 3.05) is 19.7 Å². The molecule has 0 spiro atoms. The van der Waals surface area contributed by atoms with Crippen LogP contribution in [0.3, 0.4) is 0 Å². The van der Waals surface area contributed by atoms with E-state index in [1.807, 2.05) is 19.9 Å². The van der Waals surface area contributed by atoms with E-state index < -0.39 is 0 Å². The molecular formula is C12H15BrN2O2. The molecule has 1 saturated heterocycles. The fraction of sp³-hybridized carbons (Fsp3) is 0.500. The lowest BCUT2D eigenvalue weighted by Crippen LogP contribution is -2.50. The van der Waals surface area contributed by atoms with Crippen LogP contribution in [0, 0.1) is 0 Å². The lowest BCUT2D eigenvalue weighted by Gasteiger charge is -2.37. The van der Waals surface area contributed by atoms with Crippen LogP contribution in [0.15, 0.2) is 22.8 Å². The predicted molar refractivity (Wildman–Crippen MR) is 67.9 cm³/mol. The van der Waals surface area contributed by atoms with Crippen molar-refractivity contribution in [3.63, 3.8) is 0 Å². The van der Waals surface area contributed by atoms with Crippen LogP contribution < -0.4 is 0 Å². The highest BCUT2D eigenvalue weighted by Gasteiger charge is 2.30. The summed E-state index contributed by atoms with van der Waals surface area (Å²) >= 11 is 3.27. The Kier molecular flexibility index (Phi) is 3.49. The standard InChI is InChI=1S/C12H15BrN2O2/c1-12(2)8-15(6-7-17-12)11(16)9-4-3-5-10(13)14-9/h3-5H,6-8H2,1-2H3. The van der Waals surface area contributed by atoms with Gasteiger partial charge in [-0.15, -0.1) is 0 Å². The van der Waals surface area contributed by atoms with Gasteiger partial charge in [0.15, 0.2) is 0 Å². The first-order chi connectivity index (χ1) is 7.98. The van der Waals surface area contributed by atoms with E-state index in [0.29, 0.717) is 30.0 Å². The first kappa shape index (κ1) is 12.5. The van der Waals surface area contributed by atoms with Crippen molar-refractivity contribution < 1.29 is 9.53 Å². The molecule has 1 fully saturated rings. The van der Waals surface area contributed by atoms with Gasteiger partial charge in [0.1, 0.15) is 10.3 Å². The second-order valence-corrected chi connectivity index (χ2v) is 5.49. The maximum Gasteiger partial charge on any atom is 0.272 e. The monoisotopic (exact) mass is 298 g/mol. The quantitative estimate of drug-likeness (QED) is 0.746. The molecule has 17 heavy (non-hydrogen) atoms. The summed E-state index contributed by atoms with van der Waals surface area (Å²) in [5.41, 5.74) is 0.192. The van der Waals surface area contributed by atoms with Gasteiger partial charge < -0.3 is 9.64 Å². The van der Waals surface area contributed by atoms with Gasteiger partial charge in [-0.05, 0) is 41.9 Å². The molecule has 0 radical (unpaired) electrons. The largest absolute Gasteiger partial charge is 0.372 e. The van der Waals surface area contributed by atoms with E-state index in [0.717, 1.165) is 0 Å². The molecule has 0 bridgehead atoms. The van der Waals surface area contributed by atoms with Crippen LogP contribution >= 0.6 is 15.9 Å². The number of pyridine rings is 1. The van der Waals surface area contributed by atoms with Gasteiger partial charge in [-0.3, -0.25) is 4.79 Å². The smallest absolute Gasteiger partial charge is 0.272 e. The molecule has 0 atom stereocenters. The third kappa shape index (κ3) is 3.04. The van der Waals surface area contributed by atoms with Crippen molar-refractivity contribution in [2.24, 2.45) is 0 Å². The summed E-state index contributed by atoms with van der Waals surface area (Å²) in [4.78, 5) is 18.2. The van der Waals surface area contributed by atoms with Crippen LogP contribution in [0.5, 0.6) is 0 Å². The zero-order chi connectivity index (χ0) is 12.5. The Morgan fingerprint density at radius 1 is 1.53 bits per heavy atom. The molecule has 2 heterocycles. The molecule has 0 N–H and O–H groups in total. The topological polar surface area (TPSA) is 42.4 Å². The molecule has 1 amide bonds. The third-order valence-corrected chi connectivity index (χ3v) is 3.09. The van der Waals surface area contributed by atoms with Crippen molar-refractivity contribution in [3.8, 4) is 0 Å². The minimum absolute atomic E-state index is 0.0392. The van der Waals surface area contributed by atoms with Crippen molar-refractivity contribution >= 4 is 21.8 Å². The number of rotatable bonds is 1. The lowest BCUT2D eigenvalue weighted by molar-refractivity contribution is -0.0765. The van der Waals surface area contributed by atoms with Gasteiger partial charge in [0, 0.05) is 13.1 Å². The van der Waals surface area contributed by atoms with Crippen LogP contribution in [-0.2, 0) is 4.74 Å². The average Bonchev–Trinajstić information content (AvgIpc) is 2.26. The molecular weight excluding hydrogens is 284 g/mol. The second kappa shape index (κ2) is 4.74. The Morgan fingerprint density at radius 2 is 2.29 bits per heavy atom. The first-order valence-electron chi connectivity index (χ1n) is 5.54. The number of amides is 1. The van der Waals surface area contributed by atoms with Crippen molar-refractivity contribution in [1.82, 2.24) is 9.88 Å². The highest BCUT2D eigenvalue weighted by atomic mass is 79.9. The number of carbonyl (C=O) groups is 1. The summed E-state index contributed by atoms with van der Waals surface area (Å²) in [7, 11) is 0. The Labute approximate surface area is 109 Å². The van der Waals surface area contributed by atoms with Crippen LogP contribution in [0.2, 0.25) is 0 Å². The Bertz CT molecular complexity index is 434. The second-order valence-electron chi connectivity index (χ2n) is 4.68. The molecule has 92 valence electrons. The summed E-state index contributed by atoms with van der Waals surface area (Å²) in [5.74, 6) is -0.0392. The molecule has 5 heteroatoms. The molecule has 1 aliphatic rings. The fourth-order valence-corrected chi connectivity index (χ4v) is 2.22. The molecule has 1 aromatic heterocycles. The van der Waals surface area contributed by atoms with Crippen molar-refractivity contribution in [2.45, 2.75) is 19.4 Å². The maximum atomic E-state index is 12.2. The van der Waals surface area contributed by atoms with Crippen LogP contribution in [0.1, 0.15) is 24.3 Å². The number of ether oxygens (including phenoxy) is 1. The van der Waals surface area contributed by atoms with E-state index in [-0.39, 0.29) is 11.5 Å². The summed E-state index contributed by atoms with van der Waals surface area (Å²) in [5, 5.41) is 0. The highest BCUT2D eigenvalue weighted by molar-refractivity contribution is 9.10. The molecule has 4 nitrogen and oxygen atoms in total. The van der Waals surface area contributed by atoms with E-state index in [9.17, 15) is 4.79 Å². The average molecular weight is 299 g/mol. The predicted octanol–water partition coefficient (Wildman–Crippen LogP) is 2.10. The Morgan fingerprint density at radius 3 is 2.94 bits per heavy atom. The molecule has 2 rings (SSSR count). The summed E-state index contributed by atoms with van der Waals surface area (Å²) in [6, 6.07) is 5.35. The zero-order valence-electron chi connectivity index (χ0n) is 9.94. The number of carbonyl (C=O) groups excluding carboxylic acids is 1. The molecule has 0 saturated carbocycles. The van der Waals surface area contributed by atoms with Crippen molar-refractivity contribution in [1.29, 1.82) is 0 Å². The molecule has 1 aliphatic heterocycles. The van der Waals surface area contributed by atoms with E-state index in [2.05, 4.69) is 20.9 Å². The Hall–Kier alpha value is -0.940. The minimum atomic E-state index is -0.278. The lowest BCUT2D eigenvalue weighted by atomic mass is 10.1. The normalized spacial score (nSPS) is 19.1. The van der Waals surface area contributed by atoms with Gasteiger partial charge in [-0.25, -0.2) is 4.98 Å². The summed E-state index contributed by atoms with van der Waals surface area (Å²) in [6.07, 6.45) is 0. The van der Waals surface area contributed by atoms with Gasteiger partial charge >= 0.3 is 0 Å². The van der Waals surface area contributed by atoms with Gasteiger partial charge in [0.25, 0.3) is 5.91 Å². The Balaban J connectivity index is 2.15. The van der Waals surface area contributed by atoms with E-state index >= 15 is 0 Å². The number of halogens is 1. The molecule has 0 aromatic carbocycles. The van der Waals surface area contributed by atoms with Gasteiger partial charge in [-0.2, -0.15) is 0 Å². The molecule has 0 unspecified atom stereocenters. The fourth-order valence-electron chi connectivity index (χ4n) is 1.88. The summed E-state index contributed by atoms with van der Waals surface area (Å²) < 4.78 is 6.26. The van der Waals surface area contributed by atoms with E-state index in [1.54, 1.807) is 17.0 Å². The third-order valence-electron chi connectivity index (χ3n) is 2.65. The van der Waals surface area contributed by atoms with E-state index in [1.165, 1.54) is 0 Å². The van der Waals surface area contributed by atoms with Crippen LogP contribution in [-0.4, -0.2) is 41.1 Å².